The van der Waals surface area contributed by atoms with E-state index in [1.165, 1.54) is 0 Å². The number of hydrogen-bond acceptors (Lipinski definition) is 5. The van der Waals surface area contributed by atoms with Crippen molar-refractivity contribution in [3.8, 4) is 0 Å². The molecule has 7 heteroatoms. The maximum absolute atomic E-state index is 11.0. The van der Waals surface area contributed by atoms with E-state index in [0.29, 0.717) is 9.49 Å². The predicted octanol–water partition coefficient (Wildman–Crippen LogP) is 0.639. The van der Waals surface area contributed by atoms with Gasteiger partial charge in [-0.25, -0.2) is 4.79 Å². The number of amides is 2. The van der Waals surface area contributed by atoms with Crippen molar-refractivity contribution in [1.29, 1.82) is 0 Å². The molecule has 0 aromatic rings. The van der Waals surface area contributed by atoms with E-state index >= 15 is 0 Å². The zero-order valence-electron chi connectivity index (χ0n) is 7.19. The molecule has 1 saturated heterocycles. The zero-order chi connectivity index (χ0) is 10.6. The molecule has 6 nitrogen and oxygen atoms in total. The summed E-state index contributed by atoms with van der Waals surface area (Å²) in [6.07, 6.45) is -0.859. The van der Waals surface area contributed by atoms with Gasteiger partial charge in [0.15, 0.2) is 0 Å². The number of alkyl halides is 1. The molecule has 0 aromatic heterocycles. The third-order valence-electron chi connectivity index (χ3n) is 1.47. The molecule has 2 amide bonds. The van der Waals surface area contributed by atoms with Gasteiger partial charge >= 0.3 is 6.16 Å². The zero-order valence-corrected chi connectivity index (χ0v) is 9.35. The number of carbonyl (C=O) groups is 3. The Hall–Kier alpha value is -0.860. The van der Waals surface area contributed by atoms with E-state index in [-0.39, 0.29) is 19.4 Å². The predicted molar refractivity (Wildman–Crippen MR) is 52.4 cm³/mol. The first-order valence-corrected chi connectivity index (χ1v) is 5.44. The average molecular weight is 313 g/mol. The summed E-state index contributed by atoms with van der Waals surface area (Å²) < 4.78 is 5.15. The van der Waals surface area contributed by atoms with Crippen LogP contribution >= 0.6 is 22.6 Å². The summed E-state index contributed by atoms with van der Waals surface area (Å²) in [4.78, 5) is 37.2. The second-order valence-electron chi connectivity index (χ2n) is 2.46. The highest BCUT2D eigenvalue weighted by Gasteiger charge is 2.33. The summed E-state index contributed by atoms with van der Waals surface area (Å²) >= 11 is 2.01. The van der Waals surface area contributed by atoms with Crippen LogP contribution in [0.2, 0.25) is 0 Å². The van der Waals surface area contributed by atoms with E-state index in [1.54, 1.807) is 0 Å². The second kappa shape index (κ2) is 5.13. The minimum atomic E-state index is -1.02. The molecule has 78 valence electrons. The van der Waals surface area contributed by atoms with Crippen molar-refractivity contribution in [3.05, 3.63) is 0 Å². The van der Waals surface area contributed by atoms with Crippen LogP contribution in [0.1, 0.15) is 12.8 Å². The van der Waals surface area contributed by atoms with Crippen LogP contribution in [0.25, 0.3) is 0 Å². The van der Waals surface area contributed by atoms with Gasteiger partial charge in [0, 0.05) is 17.3 Å². The van der Waals surface area contributed by atoms with E-state index in [1.807, 2.05) is 22.6 Å². The molecule has 0 spiro atoms. The van der Waals surface area contributed by atoms with Gasteiger partial charge in [0.2, 0.25) is 0 Å². The third-order valence-corrected chi connectivity index (χ3v) is 1.91. The fraction of sp³-hybridized carbons (Fsp3) is 0.571. The quantitative estimate of drug-likeness (QED) is 0.331. The SMILES string of the molecule is O=C(OCCI)ON1C(=O)CCC1=O. The fourth-order valence-corrected chi connectivity index (χ4v) is 1.10. The van der Waals surface area contributed by atoms with Crippen LogP contribution in [-0.2, 0) is 19.2 Å². The number of nitrogens with zero attached hydrogens (tertiary/aromatic N) is 1. The highest BCUT2D eigenvalue weighted by molar-refractivity contribution is 14.1. The standard InChI is InChI=1S/C7H8INO5/c8-3-4-13-7(12)14-9-5(10)1-2-6(9)11/h1-4H2. The van der Waals surface area contributed by atoms with Crippen molar-refractivity contribution < 1.29 is 24.0 Å². The van der Waals surface area contributed by atoms with E-state index in [4.69, 9.17) is 0 Å². The molecule has 1 fully saturated rings. The molecule has 14 heavy (non-hydrogen) atoms. The summed E-state index contributed by atoms with van der Waals surface area (Å²) in [5.41, 5.74) is 0. The van der Waals surface area contributed by atoms with Gasteiger partial charge in [-0.15, -0.1) is 0 Å². The van der Waals surface area contributed by atoms with E-state index < -0.39 is 18.0 Å². The first-order valence-electron chi connectivity index (χ1n) is 3.91. The van der Waals surface area contributed by atoms with E-state index in [2.05, 4.69) is 9.57 Å². The van der Waals surface area contributed by atoms with Gasteiger partial charge < -0.3 is 4.74 Å². The van der Waals surface area contributed by atoms with Gasteiger partial charge in [-0.2, -0.15) is 0 Å². The van der Waals surface area contributed by atoms with Crippen molar-refractivity contribution in [1.82, 2.24) is 5.06 Å². The molecule has 1 aliphatic heterocycles. The Morgan fingerprint density at radius 3 is 2.43 bits per heavy atom. The molecule has 1 heterocycles. The molecule has 1 aliphatic rings. The van der Waals surface area contributed by atoms with Crippen LogP contribution in [-0.4, -0.2) is 34.1 Å². The van der Waals surface area contributed by atoms with Crippen LogP contribution in [0.3, 0.4) is 0 Å². The summed E-state index contributed by atoms with van der Waals surface area (Å²) in [6, 6.07) is 0. The number of carbonyl (C=O) groups excluding carboxylic acids is 3. The Labute approximate surface area is 93.6 Å². The summed E-state index contributed by atoms with van der Waals surface area (Å²) in [6.45, 7) is 0.190. The molecular weight excluding hydrogens is 305 g/mol. The number of imide groups is 1. The van der Waals surface area contributed by atoms with Gasteiger partial charge in [0.25, 0.3) is 11.8 Å². The second-order valence-corrected chi connectivity index (χ2v) is 3.54. The maximum atomic E-state index is 11.0. The molecule has 0 saturated carbocycles. The molecule has 0 radical (unpaired) electrons. The Balaban J connectivity index is 2.39. The lowest BCUT2D eigenvalue weighted by Gasteiger charge is -2.11. The fourth-order valence-electron chi connectivity index (χ4n) is 0.881. The van der Waals surface area contributed by atoms with Crippen molar-refractivity contribution in [2.24, 2.45) is 0 Å². The van der Waals surface area contributed by atoms with Gasteiger partial charge in [-0.3, -0.25) is 14.4 Å². The summed E-state index contributed by atoms with van der Waals surface area (Å²) in [7, 11) is 0. The topological polar surface area (TPSA) is 72.9 Å². The molecule has 0 bridgehead atoms. The highest BCUT2D eigenvalue weighted by Crippen LogP contribution is 2.12. The smallest absolute Gasteiger partial charge is 0.432 e. The van der Waals surface area contributed by atoms with Crippen LogP contribution in [0.15, 0.2) is 0 Å². The van der Waals surface area contributed by atoms with E-state index in [9.17, 15) is 14.4 Å². The molecule has 0 atom stereocenters. The molecule has 0 N–H and O–H groups in total. The van der Waals surface area contributed by atoms with Crippen LogP contribution in [0, 0.1) is 0 Å². The minimum Gasteiger partial charge on any atom is -0.432 e. The molecule has 0 aliphatic carbocycles. The van der Waals surface area contributed by atoms with Gasteiger partial charge in [-0.05, 0) is 0 Å². The van der Waals surface area contributed by atoms with Gasteiger partial charge in [0.1, 0.15) is 6.61 Å². The highest BCUT2D eigenvalue weighted by atomic mass is 127. The lowest BCUT2D eigenvalue weighted by Crippen LogP contribution is -2.32. The molecule has 0 aromatic carbocycles. The first kappa shape index (κ1) is 11.2. The van der Waals surface area contributed by atoms with Crippen molar-refractivity contribution in [2.45, 2.75) is 12.8 Å². The Morgan fingerprint density at radius 1 is 1.36 bits per heavy atom. The van der Waals surface area contributed by atoms with Gasteiger partial charge in [-0.1, -0.05) is 27.7 Å². The lowest BCUT2D eigenvalue weighted by molar-refractivity contribution is -0.176. The summed E-state index contributed by atoms with van der Waals surface area (Å²) in [5.74, 6) is -1.03. The number of hydroxylamine groups is 2. The van der Waals surface area contributed by atoms with Crippen LogP contribution in [0.5, 0.6) is 0 Å². The number of halogens is 1. The number of hydrogen-bond donors (Lipinski definition) is 0. The van der Waals surface area contributed by atoms with Crippen LogP contribution in [0.4, 0.5) is 4.79 Å². The Bertz CT molecular complexity index is 251. The average Bonchev–Trinajstić information content (AvgIpc) is 2.46. The summed E-state index contributed by atoms with van der Waals surface area (Å²) in [5, 5.41) is 0.454. The molecular formula is C7H8INO5. The monoisotopic (exact) mass is 313 g/mol. The minimum absolute atomic E-state index is 0.0817. The normalized spacial score (nSPS) is 15.9. The largest absolute Gasteiger partial charge is 0.533 e. The Kier molecular flexibility index (Phi) is 4.11. The maximum Gasteiger partial charge on any atom is 0.533 e. The van der Waals surface area contributed by atoms with Crippen molar-refractivity contribution in [3.63, 3.8) is 0 Å². The van der Waals surface area contributed by atoms with E-state index in [0.717, 1.165) is 0 Å². The lowest BCUT2D eigenvalue weighted by atomic mass is 10.4. The number of ether oxygens (including phenoxy) is 1. The van der Waals surface area contributed by atoms with Crippen molar-refractivity contribution >= 4 is 40.6 Å². The Morgan fingerprint density at radius 2 is 1.93 bits per heavy atom. The molecule has 1 rings (SSSR count). The molecule has 0 unspecified atom stereocenters. The van der Waals surface area contributed by atoms with Crippen LogP contribution < -0.4 is 0 Å². The first-order chi connectivity index (χ1) is 6.65. The number of rotatable bonds is 3. The van der Waals surface area contributed by atoms with Gasteiger partial charge in [0.05, 0.1) is 0 Å². The third kappa shape index (κ3) is 2.82. The van der Waals surface area contributed by atoms with Crippen molar-refractivity contribution in [2.75, 3.05) is 11.0 Å².